The maximum atomic E-state index is 10.0. The molecule has 10 rings (SSSR count). The molecule has 0 atom stereocenters. The Bertz CT molecular complexity index is 3010. The second-order valence-electron chi connectivity index (χ2n) is 13.2. The van der Waals surface area contributed by atoms with Gasteiger partial charge < -0.3 is 8.83 Å². The van der Waals surface area contributed by atoms with Crippen molar-refractivity contribution in [1.29, 1.82) is 5.26 Å². The molecule has 0 aliphatic carbocycles. The van der Waals surface area contributed by atoms with E-state index in [1.807, 2.05) is 48.5 Å². The third kappa shape index (κ3) is 4.97. The predicted octanol–water partition coefficient (Wildman–Crippen LogP) is 13.7. The summed E-state index contributed by atoms with van der Waals surface area (Å²) >= 11 is 0. The number of furan rings is 2. The van der Waals surface area contributed by atoms with Gasteiger partial charge in [-0.15, -0.1) is 0 Å². The number of hydrogen-bond acceptors (Lipinski definition) is 3. The van der Waals surface area contributed by atoms with Crippen LogP contribution in [0.3, 0.4) is 0 Å². The summed E-state index contributed by atoms with van der Waals surface area (Å²) in [6.07, 6.45) is 0. The first-order valence-electron chi connectivity index (χ1n) is 17.4. The first kappa shape index (κ1) is 29.7. The van der Waals surface area contributed by atoms with Crippen molar-refractivity contribution in [3.05, 3.63) is 181 Å². The van der Waals surface area contributed by atoms with Crippen LogP contribution in [-0.4, -0.2) is 0 Å². The summed E-state index contributed by atoms with van der Waals surface area (Å²) in [5, 5.41) is 14.5. The van der Waals surface area contributed by atoms with Crippen LogP contribution in [0.15, 0.2) is 185 Å². The average molecular weight is 664 g/mol. The van der Waals surface area contributed by atoms with Crippen LogP contribution in [-0.2, 0) is 0 Å². The lowest BCUT2D eigenvalue weighted by atomic mass is 9.93. The summed E-state index contributed by atoms with van der Waals surface area (Å²) in [6, 6.07) is 63.2. The zero-order valence-corrected chi connectivity index (χ0v) is 28.0. The van der Waals surface area contributed by atoms with Crippen LogP contribution in [0.5, 0.6) is 0 Å². The van der Waals surface area contributed by atoms with E-state index in [1.165, 1.54) is 0 Å². The molecular weight excluding hydrogens is 635 g/mol. The molecule has 0 aliphatic heterocycles. The lowest BCUT2D eigenvalue weighted by molar-refractivity contribution is 0.669. The molecule has 0 spiro atoms. The Morgan fingerprint density at radius 2 is 0.750 bits per heavy atom. The molecular formula is C49H29NO2. The number of fused-ring (bicyclic) bond motifs is 6. The van der Waals surface area contributed by atoms with E-state index in [0.717, 1.165) is 99.5 Å². The highest BCUT2D eigenvalue weighted by Gasteiger charge is 2.14. The Hall–Kier alpha value is -7.15. The summed E-state index contributed by atoms with van der Waals surface area (Å²) in [4.78, 5) is 0. The Morgan fingerprint density at radius 1 is 0.327 bits per heavy atom. The number of nitrogens with zero attached hydrogens (tertiary/aromatic N) is 1. The quantitative estimate of drug-likeness (QED) is 0.184. The molecule has 0 bridgehead atoms. The minimum Gasteiger partial charge on any atom is -0.455 e. The number of para-hydroxylation sites is 4. The summed E-state index contributed by atoms with van der Waals surface area (Å²) in [5.41, 5.74) is 14.9. The van der Waals surface area contributed by atoms with Crippen molar-refractivity contribution in [2.45, 2.75) is 0 Å². The zero-order valence-electron chi connectivity index (χ0n) is 28.0. The highest BCUT2D eigenvalue weighted by molar-refractivity contribution is 6.10. The van der Waals surface area contributed by atoms with Crippen LogP contribution in [0.25, 0.3) is 99.5 Å². The fourth-order valence-electron chi connectivity index (χ4n) is 7.54. The molecule has 2 aromatic heterocycles. The third-order valence-electron chi connectivity index (χ3n) is 10.1. The van der Waals surface area contributed by atoms with E-state index in [0.29, 0.717) is 5.56 Å². The van der Waals surface area contributed by atoms with Gasteiger partial charge in [0.2, 0.25) is 0 Å². The molecule has 0 unspecified atom stereocenters. The number of nitriles is 1. The van der Waals surface area contributed by atoms with Crippen LogP contribution in [0.2, 0.25) is 0 Å². The average Bonchev–Trinajstić information content (AvgIpc) is 3.80. The Morgan fingerprint density at radius 3 is 1.33 bits per heavy atom. The monoisotopic (exact) mass is 663 g/mol. The number of hydrogen-bond donors (Lipinski definition) is 0. The number of benzene rings is 8. The van der Waals surface area contributed by atoms with Gasteiger partial charge >= 0.3 is 0 Å². The summed E-state index contributed by atoms with van der Waals surface area (Å²) in [7, 11) is 0. The number of rotatable bonds is 5. The van der Waals surface area contributed by atoms with Crippen molar-refractivity contribution < 1.29 is 8.83 Å². The molecule has 3 heteroatoms. The summed E-state index contributed by atoms with van der Waals surface area (Å²) < 4.78 is 12.6. The minimum atomic E-state index is 0.622. The predicted molar refractivity (Wildman–Crippen MR) is 213 cm³/mol. The highest BCUT2D eigenvalue weighted by Crippen LogP contribution is 2.39. The van der Waals surface area contributed by atoms with Crippen LogP contribution in [0, 0.1) is 11.3 Å². The first-order valence-corrected chi connectivity index (χ1v) is 17.4. The standard InChI is InChI=1S/C49H29NO2/c50-30-31-26-38(29-39(27-31)36-8-5-9-37(28-36)41-13-7-15-45-43-11-2-4-17-47(43)52-49(41)45)34-20-18-32(19-21-34)33-22-24-35(25-23-33)40-12-6-14-44-42-10-1-3-16-46(42)51-48(40)44/h1-29H. The molecule has 242 valence electrons. The molecule has 52 heavy (non-hydrogen) atoms. The smallest absolute Gasteiger partial charge is 0.143 e. The second kappa shape index (κ2) is 12.0. The molecule has 0 radical (unpaired) electrons. The van der Waals surface area contributed by atoms with Crippen LogP contribution < -0.4 is 0 Å². The van der Waals surface area contributed by atoms with Crippen LogP contribution >= 0.6 is 0 Å². The molecule has 0 fully saturated rings. The molecule has 0 aliphatic rings. The fraction of sp³-hybridized carbons (Fsp3) is 0. The van der Waals surface area contributed by atoms with Crippen LogP contribution in [0.4, 0.5) is 0 Å². The van der Waals surface area contributed by atoms with Crippen molar-refractivity contribution in [3.63, 3.8) is 0 Å². The van der Waals surface area contributed by atoms with Gasteiger partial charge in [0.1, 0.15) is 22.3 Å². The van der Waals surface area contributed by atoms with E-state index >= 15 is 0 Å². The Labute approximate surface area is 300 Å². The largest absolute Gasteiger partial charge is 0.455 e. The Kier molecular flexibility index (Phi) is 6.87. The van der Waals surface area contributed by atoms with Gasteiger partial charge in [0, 0.05) is 32.7 Å². The Balaban J connectivity index is 0.958. The summed E-state index contributed by atoms with van der Waals surface area (Å²) in [5.74, 6) is 0. The van der Waals surface area contributed by atoms with E-state index in [9.17, 15) is 5.26 Å². The molecule has 8 aromatic carbocycles. The van der Waals surface area contributed by atoms with Crippen molar-refractivity contribution >= 4 is 43.9 Å². The van der Waals surface area contributed by atoms with Gasteiger partial charge in [-0.3, -0.25) is 0 Å². The molecule has 0 saturated carbocycles. The molecule has 0 amide bonds. The molecule has 0 saturated heterocycles. The van der Waals surface area contributed by atoms with Crippen molar-refractivity contribution in [2.75, 3.05) is 0 Å². The van der Waals surface area contributed by atoms with Gasteiger partial charge in [-0.05, 0) is 80.9 Å². The van der Waals surface area contributed by atoms with Crippen molar-refractivity contribution in [3.8, 4) is 61.7 Å². The van der Waals surface area contributed by atoms with Crippen molar-refractivity contribution in [2.24, 2.45) is 0 Å². The maximum Gasteiger partial charge on any atom is 0.143 e. The van der Waals surface area contributed by atoms with Crippen molar-refractivity contribution in [1.82, 2.24) is 0 Å². The van der Waals surface area contributed by atoms with E-state index < -0.39 is 0 Å². The lowest BCUT2D eigenvalue weighted by Crippen LogP contribution is -1.87. The van der Waals surface area contributed by atoms with E-state index in [4.69, 9.17) is 8.83 Å². The van der Waals surface area contributed by atoms with Gasteiger partial charge in [-0.2, -0.15) is 5.26 Å². The molecule has 10 aromatic rings. The van der Waals surface area contributed by atoms with Gasteiger partial charge in [0.05, 0.1) is 11.6 Å². The van der Waals surface area contributed by atoms with Gasteiger partial charge in [-0.25, -0.2) is 0 Å². The van der Waals surface area contributed by atoms with E-state index in [2.05, 4.69) is 133 Å². The molecule has 2 heterocycles. The van der Waals surface area contributed by atoms with E-state index in [-0.39, 0.29) is 0 Å². The van der Waals surface area contributed by atoms with Gasteiger partial charge in [0.25, 0.3) is 0 Å². The fourth-order valence-corrected chi connectivity index (χ4v) is 7.54. The minimum absolute atomic E-state index is 0.622. The third-order valence-corrected chi connectivity index (χ3v) is 10.1. The zero-order chi connectivity index (χ0) is 34.6. The second-order valence-corrected chi connectivity index (χ2v) is 13.2. The molecule has 3 nitrogen and oxygen atoms in total. The highest BCUT2D eigenvalue weighted by atomic mass is 16.3. The summed E-state index contributed by atoms with van der Waals surface area (Å²) in [6.45, 7) is 0. The first-order chi connectivity index (χ1) is 25.7. The van der Waals surface area contributed by atoms with Crippen LogP contribution in [0.1, 0.15) is 5.56 Å². The van der Waals surface area contributed by atoms with Gasteiger partial charge in [0.15, 0.2) is 0 Å². The van der Waals surface area contributed by atoms with E-state index in [1.54, 1.807) is 0 Å². The van der Waals surface area contributed by atoms with Gasteiger partial charge in [-0.1, -0.05) is 140 Å². The normalized spacial score (nSPS) is 11.4. The maximum absolute atomic E-state index is 10.0. The SMILES string of the molecule is N#Cc1cc(-c2ccc(-c3ccc(-c4cccc5c4oc4ccccc45)cc3)cc2)cc(-c2cccc(-c3cccc4c3oc3ccccc34)c2)c1. The lowest BCUT2D eigenvalue weighted by Gasteiger charge is -2.11. The molecule has 0 N–H and O–H groups in total. The topological polar surface area (TPSA) is 50.1 Å².